The van der Waals surface area contributed by atoms with Gasteiger partial charge < -0.3 is 9.47 Å². The molecule has 0 unspecified atom stereocenters. The Kier molecular flexibility index (Phi) is 3.79. The normalized spacial score (nSPS) is 17.5. The maximum Gasteiger partial charge on any atom is 0.225 e. The first-order valence-corrected chi connectivity index (χ1v) is 6.94. The molecule has 18 heavy (non-hydrogen) atoms. The lowest BCUT2D eigenvalue weighted by atomic mass is 10.0. The molecule has 2 rings (SSSR count). The Bertz CT molecular complexity index is 406. The van der Waals surface area contributed by atoms with E-state index in [1.54, 1.807) is 0 Å². The maximum atomic E-state index is 11.9. The molecule has 0 aromatic carbocycles. The molecule has 0 N–H and O–H groups in total. The van der Waals surface area contributed by atoms with Crippen molar-refractivity contribution in [1.82, 2.24) is 9.47 Å². The van der Waals surface area contributed by atoms with Gasteiger partial charge in [0, 0.05) is 36.4 Å². The van der Waals surface area contributed by atoms with Gasteiger partial charge >= 0.3 is 0 Å². The minimum Gasteiger partial charge on any atom is -0.346 e. The molecule has 100 valence electrons. The van der Waals surface area contributed by atoms with Gasteiger partial charge in [0.1, 0.15) is 0 Å². The maximum absolute atomic E-state index is 11.9. The average molecular weight is 248 g/mol. The Balaban J connectivity index is 2.01. The quantitative estimate of drug-likeness (QED) is 0.790. The molecular formula is C15H24N2O. The summed E-state index contributed by atoms with van der Waals surface area (Å²) in [6.45, 7) is 10.1. The molecule has 1 fully saturated rings. The zero-order chi connectivity index (χ0) is 13.3. The molecule has 1 aliphatic rings. The molecule has 0 atom stereocenters. The van der Waals surface area contributed by atoms with Crippen LogP contribution in [0, 0.1) is 19.8 Å². The second kappa shape index (κ2) is 5.17. The SMILES string of the molecule is Cc1ccc(C)n1C1CCN(C(=O)C(C)C)CC1. The van der Waals surface area contributed by atoms with Crippen molar-refractivity contribution < 1.29 is 4.79 Å². The largest absolute Gasteiger partial charge is 0.346 e. The number of aromatic nitrogens is 1. The van der Waals surface area contributed by atoms with Gasteiger partial charge in [0.2, 0.25) is 5.91 Å². The van der Waals surface area contributed by atoms with Crippen LogP contribution in [0.15, 0.2) is 12.1 Å². The number of carbonyl (C=O) groups is 1. The predicted octanol–water partition coefficient (Wildman–Crippen LogP) is 2.92. The summed E-state index contributed by atoms with van der Waals surface area (Å²) >= 11 is 0. The summed E-state index contributed by atoms with van der Waals surface area (Å²) in [6.07, 6.45) is 2.16. The van der Waals surface area contributed by atoms with Crippen molar-refractivity contribution >= 4 is 5.91 Å². The molecule has 1 saturated heterocycles. The van der Waals surface area contributed by atoms with Crippen LogP contribution >= 0.6 is 0 Å². The van der Waals surface area contributed by atoms with Crippen LogP contribution in [-0.2, 0) is 4.79 Å². The van der Waals surface area contributed by atoms with Crippen LogP contribution in [0.4, 0.5) is 0 Å². The van der Waals surface area contributed by atoms with Gasteiger partial charge in [0.25, 0.3) is 0 Å². The standard InChI is InChI=1S/C15H24N2O/c1-11(2)15(18)16-9-7-14(8-10-16)17-12(3)5-6-13(17)4/h5-6,11,14H,7-10H2,1-4H3. The summed E-state index contributed by atoms with van der Waals surface area (Å²) in [5.41, 5.74) is 2.67. The van der Waals surface area contributed by atoms with Gasteiger partial charge in [-0.2, -0.15) is 0 Å². The minimum atomic E-state index is 0.122. The number of likely N-dealkylation sites (tertiary alicyclic amines) is 1. The van der Waals surface area contributed by atoms with Crippen LogP contribution in [0.2, 0.25) is 0 Å². The highest BCUT2D eigenvalue weighted by Gasteiger charge is 2.25. The molecule has 0 spiro atoms. The number of amides is 1. The van der Waals surface area contributed by atoms with Gasteiger partial charge in [0.05, 0.1) is 0 Å². The molecule has 0 saturated carbocycles. The van der Waals surface area contributed by atoms with Crippen LogP contribution in [0.25, 0.3) is 0 Å². The third kappa shape index (κ3) is 2.45. The molecule has 3 heteroatoms. The van der Waals surface area contributed by atoms with Crippen molar-refractivity contribution in [2.24, 2.45) is 5.92 Å². The second-order valence-electron chi connectivity index (χ2n) is 5.70. The van der Waals surface area contributed by atoms with Crippen LogP contribution in [0.3, 0.4) is 0 Å². The van der Waals surface area contributed by atoms with Crippen LogP contribution in [0.1, 0.15) is 44.1 Å². The van der Waals surface area contributed by atoms with Crippen LogP contribution in [-0.4, -0.2) is 28.5 Å². The lowest BCUT2D eigenvalue weighted by Gasteiger charge is -2.35. The highest BCUT2D eigenvalue weighted by atomic mass is 16.2. The van der Waals surface area contributed by atoms with E-state index in [-0.39, 0.29) is 5.92 Å². The lowest BCUT2D eigenvalue weighted by Crippen LogP contribution is -2.41. The van der Waals surface area contributed by atoms with E-state index >= 15 is 0 Å². The molecule has 3 nitrogen and oxygen atoms in total. The first kappa shape index (κ1) is 13.2. The topological polar surface area (TPSA) is 25.2 Å². The molecule has 1 aromatic rings. The molecule has 1 aliphatic heterocycles. The molecule has 1 amide bonds. The second-order valence-corrected chi connectivity index (χ2v) is 5.70. The predicted molar refractivity (Wildman–Crippen MR) is 73.6 cm³/mol. The number of piperidine rings is 1. The van der Waals surface area contributed by atoms with E-state index < -0.39 is 0 Å². The molecule has 2 heterocycles. The zero-order valence-corrected chi connectivity index (χ0v) is 11.9. The fraction of sp³-hybridized carbons (Fsp3) is 0.667. The molecule has 0 radical (unpaired) electrons. The van der Waals surface area contributed by atoms with E-state index in [9.17, 15) is 4.79 Å². The van der Waals surface area contributed by atoms with Crippen molar-refractivity contribution in [2.45, 2.75) is 46.6 Å². The minimum absolute atomic E-state index is 0.122. The molecular weight excluding hydrogens is 224 g/mol. The zero-order valence-electron chi connectivity index (χ0n) is 11.9. The molecule has 0 bridgehead atoms. The average Bonchev–Trinajstić information content (AvgIpc) is 2.68. The van der Waals surface area contributed by atoms with Gasteiger partial charge in [-0.1, -0.05) is 13.8 Å². The van der Waals surface area contributed by atoms with Gasteiger partial charge in [-0.3, -0.25) is 4.79 Å². The van der Waals surface area contributed by atoms with Gasteiger partial charge in [-0.05, 0) is 38.8 Å². The first-order valence-electron chi connectivity index (χ1n) is 6.94. The van der Waals surface area contributed by atoms with E-state index in [1.807, 2.05) is 18.7 Å². The summed E-state index contributed by atoms with van der Waals surface area (Å²) < 4.78 is 2.43. The van der Waals surface area contributed by atoms with E-state index in [1.165, 1.54) is 11.4 Å². The Labute approximate surface area is 110 Å². The number of hydrogen-bond acceptors (Lipinski definition) is 1. The number of aryl methyl sites for hydroxylation is 2. The summed E-state index contributed by atoms with van der Waals surface area (Å²) in [4.78, 5) is 14.0. The third-order valence-electron chi connectivity index (χ3n) is 3.96. The number of hydrogen-bond donors (Lipinski definition) is 0. The van der Waals surface area contributed by atoms with Crippen molar-refractivity contribution in [3.05, 3.63) is 23.5 Å². The monoisotopic (exact) mass is 248 g/mol. The lowest BCUT2D eigenvalue weighted by molar-refractivity contribution is -0.135. The van der Waals surface area contributed by atoms with Crippen molar-refractivity contribution in [1.29, 1.82) is 0 Å². The fourth-order valence-corrected chi connectivity index (χ4v) is 2.97. The van der Waals surface area contributed by atoms with Crippen LogP contribution in [0.5, 0.6) is 0 Å². The van der Waals surface area contributed by atoms with Crippen molar-refractivity contribution in [2.75, 3.05) is 13.1 Å². The first-order chi connectivity index (χ1) is 8.50. The molecule has 0 aliphatic carbocycles. The smallest absolute Gasteiger partial charge is 0.225 e. The highest BCUT2D eigenvalue weighted by molar-refractivity contribution is 5.78. The summed E-state index contributed by atoms with van der Waals surface area (Å²) in [6, 6.07) is 4.93. The molecule has 1 aromatic heterocycles. The van der Waals surface area contributed by atoms with E-state index in [0.717, 1.165) is 25.9 Å². The number of nitrogens with zero attached hydrogens (tertiary/aromatic N) is 2. The van der Waals surface area contributed by atoms with Crippen LogP contribution < -0.4 is 0 Å². The summed E-state index contributed by atoms with van der Waals surface area (Å²) in [5.74, 6) is 0.422. The summed E-state index contributed by atoms with van der Waals surface area (Å²) in [5, 5.41) is 0. The van der Waals surface area contributed by atoms with Gasteiger partial charge in [-0.25, -0.2) is 0 Å². The Morgan fingerprint density at radius 3 is 2.11 bits per heavy atom. The Morgan fingerprint density at radius 1 is 1.17 bits per heavy atom. The highest BCUT2D eigenvalue weighted by Crippen LogP contribution is 2.26. The third-order valence-corrected chi connectivity index (χ3v) is 3.96. The fourth-order valence-electron chi connectivity index (χ4n) is 2.97. The van der Waals surface area contributed by atoms with Gasteiger partial charge in [0.15, 0.2) is 0 Å². The van der Waals surface area contributed by atoms with E-state index in [2.05, 4.69) is 30.5 Å². The van der Waals surface area contributed by atoms with Gasteiger partial charge in [-0.15, -0.1) is 0 Å². The van der Waals surface area contributed by atoms with Crippen molar-refractivity contribution in [3.8, 4) is 0 Å². The van der Waals surface area contributed by atoms with E-state index in [4.69, 9.17) is 0 Å². The number of rotatable bonds is 2. The van der Waals surface area contributed by atoms with Crippen molar-refractivity contribution in [3.63, 3.8) is 0 Å². The van der Waals surface area contributed by atoms with E-state index in [0.29, 0.717) is 11.9 Å². The number of carbonyl (C=O) groups excluding carboxylic acids is 1. The Morgan fingerprint density at radius 2 is 1.67 bits per heavy atom. The Hall–Kier alpha value is -1.25. The summed E-state index contributed by atoms with van der Waals surface area (Å²) in [7, 11) is 0.